The monoisotopic (exact) mass is 460 g/mol. The van der Waals surface area contributed by atoms with E-state index in [1.165, 1.54) is 23.0 Å². The largest absolute Gasteiger partial charge is 0.481 e. The van der Waals surface area contributed by atoms with Crippen molar-refractivity contribution in [2.75, 3.05) is 5.32 Å². The lowest BCUT2D eigenvalue weighted by Gasteiger charge is -2.28. The van der Waals surface area contributed by atoms with Crippen molar-refractivity contribution in [3.63, 3.8) is 0 Å². The number of benzene rings is 2. The Kier molecular flexibility index (Phi) is 6.50. The van der Waals surface area contributed by atoms with Crippen LogP contribution in [-0.4, -0.2) is 16.1 Å². The number of rotatable bonds is 6. The SMILES string of the molecule is O=C(O)CC1CCC(c2ccc(-c3csc(Nc4cccc(C(F)(F)F)c4)n3)cc2)CC1. The van der Waals surface area contributed by atoms with E-state index in [1.807, 2.05) is 17.5 Å². The number of carboxylic acids is 1. The Bertz CT molecular complexity index is 1070. The van der Waals surface area contributed by atoms with Crippen LogP contribution < -0.4 is 5.32 Å². The second kappa shape index (κ2) is 9.32. The van der Waals surface area contributed by atoms with E-state index in [0.29, 0.717) is 16.7 Å². The van der Waals surface area contributed by atoms with Crippen molar-refractivity contribution in [3.8, 4) is 11.3 Å². The number of halogens is 3. The summed E-state index contributed by atoms with van der Waals surface area (Å²) in [6.07, 6.45) is -0.252. The second-order valence-electron chi connectivity index (χ2n) is 8.18. The fourth-order valence-electron chi connectivity index (χ4n) is 4.23. The number of nitrogens with one attached hydrogen (secondary N) is 1. The van der Waals surface area contributed by atoms with Gasteiger partial charge in [0.2, 0.25) is 0 Å². The van der Waals surface area contributed by atoms with E-state index in [9.17, 15) is 18.0 Å². The number of anilines is 2. The first-order valence-corrected chi connectivity index (χ1v) is 11.4. The highest BCUT2D eigenvalue weighted by Crippen LogP contribution is 2.38. The molecule has 0 spiro atoms. The quantitative estimate of drug-likeness (QED) is 0.405. The number of hydrogen-bond donors (Lipinski definition) is 2. The van der Waals surface area contributed by atoms with Crippen molar-refractivity contribution in [2.45, 2.75) is 44.2 Å². The van der Waals surface area contributed by atoms with E-state index in [1.54, 1.807) is 6.07 Å². The molecule has 0 saturated heterocycles. The van der Waals surface area contributed by atoms with Crippen LogP contribution in [0.3, 0.4) is 0 Å². The zero-order valence-electron chi connectivity index (χ0n) is 17.2. The van der Waals surface area contributed by atoms with Crippen LogP contribution in [0.25, 0.3) is 11.3 Å². The molecule has 0 aliphatic heterocycles. The van der Waals surface area contributed by atoms with Gasteiger partial charge in [0.25, 0.3) is 0 Å². The molecule has 1 aliphatic carbocycles. The van der Waals surface area contributed by atoms with Gasteiger partial charge in [-0.15, -0.1) is 11.3 Å². The summed E-state index contributed by atoms with van der Waals surface area (Å²) in [5.41, 5.74) is 2.60. The Morgan fingerprint density at radius 3 is 2.47 bits per heavy atom. The molecule has 2 aromatic carbocycles. The third-order valence-electron chi connectivity index (χ3n) is 5.93. The van der Waals surface area contributed by atoms with Crippen LogP contribution in [0.4, 0.5) is 24.0 Å². The number of nitrogens with zero attached hydrogens (tertiary/aromatic N) is 1. The maximum atomic E-state index is 12.9. The van der Waals surface area contributed by atoms with Gasteiger partial charge in [0.15, 0.2) is 5.13 Å². The average Bonchev–Trinajstić information content (AvgIpc) is 3.22. The summed E-state index contributed by atoms with van der Waals surface area (Å²) in [6.45, 7) is 0. The average molecular weight is 461 g/mol. The van der Waals surface area contributed by atoms with Gasteiger partial charge in [-0.05, 0) is 61.3 Å². The zero-order valence-corrected chi connectivity index (χ0v) is 18.0. The van der Waals surface area contributed by atoms with E-state index in [2.05, 4.69) is 22.4 Å². The molecule has 1 aliphatic rings. The van der Waals surface area contributed by atoms with Gasteiger partial charge >= 0.3 is 12.1 Å². The predicted octanol–water partition coefficient (Wildman–Crippen LogP) is 7.32. The molecule has 0 radical (unpaired) electrons. The third-order valence-corrected chi connectivity index (χ3v) is 6.69. The molecule has 3 aromatic rings. The van der Waals surface area contributed by atoms with Gasteiger partial charge in [-0.1, -0.05) is 30.3 Å². The molecule has 1 heterocycles. The Hall–Kier alpha value is -2.87. The molecular weight excluding hydrogens is 437 g/mol. The Labute approximate surface area is 188 Å². The highest BCUT2D eigenvalue weighted by atomic mass is 32.1. The van der Waals surface area contributed by atoms with Crippen molar-refractivity contribution in [3.05, 3.63) is 65.0 Å². The Morgan fingerprint density at radius 2 is 1.81 bits per heavy atom. The number of carbonyl (C=O) groups is 1. The van der Waals surface area contributed by atoms with E-state index in [-0.39, 0.29) is 12.3 Å². The van der Waals surface area contributed by atoms with Crippen molar-refractivity contribution < 1.29 is 23.1 Å². The first-order valence-electron chi connectivity index (χ1n) is 10.5. The van der Waals surface area contributed by atoms with E-state index < -0.39 is 17.7 Å². The molecule has 8 heteroatoms. The van der Waals surface area contributed by atoms with Crippen molar-refractivity contribution in [1.82, 2.24) is 4.98 Å². The standard InChI is InChI=1S/C24H23F3N2O2S/c25-24(26,27)19-2-1-3-20(13-19)28-23-29-21(14-32-23)18-10-8-17(9-11-18)16-6-4-15(5-7-16)12-22(30)31/h1-3,8-11,13-16H,4-7,12H2,(H,28,29)(H,30,31). The topological polar surface area (TPSA) is 62.2 Å². The van der Waals surface area contributed by atoms with Gasteiger partial charge in [-0.2, -0.15) is 13.2 Å². The smallest absolute Gasteiger partial charge is 0.416 e. The predicted molar refractivity (Wildman–Crippen MR) is 119 cm³/mol. The fraction of sp³-hybridized carbons (Fsp3) is 0.333. The van der Waals surface area contributed by atoms with E-state index in [4.69, 9.17) is 5.11 Å². The number of aliphatic carboxylic acids is 1. The first-order chi connectivity index (χ1) is 15.3. The summed E-state index contributed by atoms with van der Waals surface area (Å²) in [5, 5.41) is 14.3. The summed E-state index contributed by atoms with van der Waals surface area (Å²) >= 11 is 1.34. The highest BCUT2D eigenvalue weighted by Gasteiger charge is 2.30. The maximum absolute atomic E-state index is 12.9. The molecule has 32 heavy (non-hydrogen) atoms. The molecule has 4 rings (SSSR count). The van der Waals surface area contributed by atoms with Gasteiger partial charge in [0.05, 0.1) is 11.3 Å². The number of carboxylic acid groups (broad SMARTS) is 1. The van der Waals surface area contributed by atoms with Crippen LogP contribution in [-0.2, 0) is 11.0 Å². The van der Waals surface area contributed by atoms with Gasteiger partial charge in [-0.25, -0.2) is 4.98 Å². The highest BCUT2D eigenvalue weighted by molar-refractivity contribution is 7.14. The van der Waals surface area contributed by atoms with Crippen LogP contribution in [0.5, 0.6) is 0 Å². The lowest BCUT2D eigenvalue weighted by molar-refractivity contribution is -0.139. The molecule has 0 amide bonds. The zero-order chi connectivity index (χ0) is 22.7. The maximum Gasteiger partial charge on any atom is 0.416 e. The van der Waals surface area contributed by atoms with Crippen molar-refractivity contribution >= 4 is 28.1 Å². The number of alkyl halides is 3. The summed E-state index contributed by atoms with van der Waals surface area (Å²) in [6, 6.07) is 13.3. The van der Waals surface area contributed by atoms with Gasteiger partial charge < -0.3 is 10.4 Å². The van der Waals surface area contributed by atoms with Crippen LogP contribution >= 0.6 is 11.3 Å². The minimum atomic E-state index is -4.39. The number of hydrogen-bond acceptors (Lipinski definition) is 4. The first kappa shape index (κ1) is 22.3. The summed E-state index contributed by atoms with van der Waals surface area (Å²) in [4.78, 5) is 15.4. The second-order valence-corrected chi connectivity index (χ2v) is 9.04. The minimum absolute atomic E-state index is 0.256. The van der Waals surface area contributed by atoms with Crippen LogP contribution in [0.1, 0.15) is 49.1 Å². The van der Waals surface area contributed by atoms with E-state index >= 15 is 0 Å². The molecule has 168 valence electrons. The molecule has 2 N–H and O–H groups in total. The summed E-state index contributed by atoms with van der Waals surface area (Å²) < 4.78 is 38.7. The third kappa shape index (κ3) is 5.48. The van der Waals surface area contributed by atoms with Crippen molar-refractivity contribution in [1.29, 1.82) is 0 Å². The molecule has 1 fully saturated rings. The minimum Gasteiger partial charge on any atom is -0.481 e. The normalized spacial score (nSPS) is 19.0. The van der Waals surface area contributed by atoms with Gasteiger partial charge in [-0.3, -0.25) is 4.79 Å². The van der Waals surface area contributed by atoms with Crippen LogP contribution in [0, 0.1) is 5.92 Å². The number of thiazole rings is 1. The number of aromatic nitrogens is 1. The molecule has 1 aromatic heterocycles. The van der Waals surface area contributed by atoms with Crippen molar-refractivity contribution in [2.24, 2.45) is 5.92 Å². The van der Waals surface area contributed by atoms with Gasteiger partial charge in [0, 0.05) is 23.1 Å². The lowest BCUT2D eigenvalue weighted by atomic mass is 9.77. The Balaban J connectivity index is 1.39. The molecule has 0 atom stereocenters. The van der Waals surface area contributed by atoms with Gasteiger partial charge in [0.1, 0.15) is 0 Å². The Morgan fingerprint density at radius 1 is 1.09 bits per heavy atom. The lowest BCUT2D eigenvalue weighted by Crippen LogP contribution is -2.16. The molecule has 4 nitrogen and oxygen atoms in total. The van der Waals surface area contributed by atoms with Crippen LogP contribution in [0.15, 0.2) is 53.9 Å². The summed E-state index contributed by atoms with van der Waals surface area (Å²) in [5.74, 6) is 0.00595. The molecule has 0 unspecified atom stereocenters. The van der Waals surface area contributed by atoms with Crippen LogP contribution in [0.2, 0.25) is 0 Å². The summed E-state index contributed by atoms with van der Waals surface area (Å²) in [7, 11) is 0. The molecule has 0 bridgehead atoms. The van der Waals surface area contributed by atoms with E-state index in [0.717, 1.165) is 49.1 Å². The fourth-order valence-corrected chi connectivity index (χ4v) is 4.97. The molecular formula is C24H23F3N2O2S. The molecule has 1 saturated carbocycles.